The van der Waals surface area contributed by atoms with E-state index in [1.165, 1.54) is 35.1 Å². The summed E-state index contributed by atoms with van der Waals surface area (Å²) in [7, 11) is 3.05. The maximum Gasteiger partial charge on any atom is 0.338 e. The summed E-state index contributed by atoms with van der Waals surface area (Å²) in [5.41, 5.74) is 2.40. The Bertz CT molecular complexity index is 1460. The van der Waals surface area contributed by atoms with Gasteiger partial charge in [0.1, 0.15) is 6.04 Å². The highest BCUT2D eigenvalue weighted by Gasteiger charge is 2.34. The van der Waals surface area contributed by atoms with Crippen LogP contribution in [0.15, 0.2) is 51.5 Å². The summed E-state index contributed by atoms with van der Waals surface area (Å²) in [5, 5.41) is 15.2. The molecule has 0 bridgehead atoms. The van der Waals surface area contributed by atoms with Gasteiger partial charge in [-0.05, 0) is 37.6 Å². The van der Waals surface area contributed by atoms with Crippen LogP contribution in [0.5, 0.6) is 0 Å². The zero-order valence-corrected chi connectivity index (χ0v) is 18.5. The minimum atomic E-state index is -0.730. The van der Waals surface area contributed by atoms with Crippen LogP contribution < -0.4 is 14.9 Å². The number of esters is 1. The van der Waals surface area contributed by atoms with Crippen molar-refractivity contribution in [3.8, 4) is 0 Å². The fraction of sp³-hybridized carbons (Fsp3) is 0.238. The fourth-order valence-electron chi connectivity index (χ4n) is 3.72. The maximum atomic E-state index is 13.4. The van der Waals surface area contributed by atoms with Crippen LogP contribution in [0.3, 0.4) is 0 Å². The molecule has 0 saturated carbocycles. The van der Waals surface area contributed by atoms with Crippen molar-refractivity contribution < 1.29 is 14.5 Å². The lowest BCUT2D eigenvalue weighted by molar-refractivity contribution is -0.384. The number of non-ortho nitro benzene ring substituents is 1. The quantitative estimate of drug-likeness (QED) is 0.334. The van der Waals surface area contributed by atoms with Gasteiger partial charge in [0.15, 0.2) is 4.80 Å². The Morgan fingerprint density at radius 3 is 2.53 bits per heavy atom. The van der Waals surface area contributed by atoms with Crippen LogP contribution in [0.4, 0.5) is 5.69 Å². The molecule has 1 unspecified atom stereocenters. The molecule has 0 aliphatic carbocycles. The molecule has 0 amide bonds. The second-order valence-electron chi connectivity index (χ2n) is 7.27. The van der Waals surface area contributed by atoms with E-state index in [1.54, 1.807) is 43.1 Å². The number of hydrogen-bond acceptors (Lipinski definition) is 8. The van der Waals surface area contributed by atoms with Gasteiger partial charge < -0.3 is 4.74 Å². The largest absolute Gasteiger partial charge is 0.466 e. The van der Waals surface area contributed by atoms with E-state index in [2.05, 4.69) is 10.1 Å². The molecule has 10 nitrogen and oxygen atoms in total. The second-order valence-corrected chi connectivity index (χ2v) is 8.27. The van der Waals surface area contributed by atoms with Gasteiger partial charge in [-0.15, -0.1) is 0 Å². The molecule has 3 heterocycles. The van der Waals surface area contributed by atoms with Gasteiger partial charge in [-0.3, -0.25) is 24.2 Å². The SMILES string of the molecule is COC(=O)C1=C(C)N=c2s/c(=C/c3ccc([N+](=O)[O-])cc3)c(=O)n2C1c1cn(C)nc1C. The highest BCUT2D eigenvalue weighted by atomic mass is 32.1. The standard InChI is InChI=1S/C21H19N5O5S/c1-11-15(10-24(3)23-11)18-17(20(28)31-4)12(2)22-21-25(18)19(27)16(32-21)9-13-5-7-14(8-6-13)26(29)30/h5-10,18H,1-4H3/b16-9+. The van der Waals surface area contributed by atoms with Gasteiger partial charge in [-0.1, -0.05) is 11.3 Å². The number of methoxy groups -OCH3 is 1. The first-order chi connectivity index (χ1) is 15.2. The van der Waals surface area contributed by atoms with Gasteiger partial charge in [-0.25, -0.2) is 9.79 Å². The summed E-state index contributed by atoms with van der Waals surface area (Å²) in [5.74, 6) is -0.566. The number of aromatic nitrogens is 3. The number of aryl methyl sites for hydroxylation is 2. The van der Waals surface area contributed by atoms with Crippen LogP contribution in [0, 0.1) is 17.0 Å². The van der Waals surface area contributed by atoms with E-state index in [-0.39, 0.29) is 16.8 Å². The molecule has 4 rings (SSSR count). The molecule has 1 aromatic carbocycles. The van der Waals surface area contributed by atoms with E-state index < -0.39 is 16.9 Å². The Morgan fingerprint density at radius 2 is 1.97 bits per heavy atom. The smallest absolute Gasteiger partial charge is 0.338 e. The molecule has 1 atom stereocenters. The van der Waals surface area contributed by atoms with Crippen LogP contribution in [0.1, 0.15) is 29.8 Å². The lowest BCUT2D eigenvalue weighted by atomic mass is 9.96. The third kappa shape index (κ3) is 3.56. The molecule has 32 heavy (non-hydrogen) atoms. The average molecular weight is 453 g/mol. The number of rotatable bonds is 4. The van der Waals surface area contributed by atoms with Crippen LogP contribution in [0.2, 0.25) is 0 Å². The van der Waals surface area contributed by atoms with E-state index >= 15 is 0 Å². The third-order valence-electron chi connectivity index (χ3n) is 5.17. The number of ether oxygens (including phenoxy) is 1. The van der Waals surface area contributed by atoms with Gasteiger partial charge in [0, 0.05) is 30.9 Å². The fourth-order valence-corrected chi connectivity index (χ4v) is 4.76. The predicted molar refractivity (Wildman–Crippen MR) is 117 cm³/mol. The lowest BCUT2D eigenvalue weighted by Crippen LogP contribution is -2.40. The van der Waals surface area contributed by atoms with Gasteiger partial charge in [0.25, 0.3) is 11.2 Å². The number of thiazole rings is 1. The van der Waals surface area contributed by atoms with Crippen molar-refractivity contribution in [1.82, 2.24) is 14.3 Å². The van der Waals surface area contributed by atoms with Gasteiger partial charge in [0.2, 0.25) is 0 Å². The topological polar surface area (TPSA) is 122 Å². The van der Waals surface area contributed by atoms with E-state index in [0.717, 1.165) is 0 Å². The zero-order valence-electron chi connectivity index (χ0n) is 17.7. The summed E-state index contributed by atoms with van der Waals surface area (Å²) < 4.78 is 8.48. The normalized spacial score (nSPS) is 16.0. The molecular weight excluding hydrogens is 434 g/mol. The Kier molecular flexibility index (Phi) is 5.35. The van der Waals surface area contributed by atoms with Gasteiger partial charge >= 0.3 is 5.97 Å². The van der Waals surface area contributed by atoms with Gasteiger partial charge in [0.05, 0.1) is 33.5 Å². The van der Waals surface area contributed by atoms with Crippen molar-refractivity contribution >= 4 is 29.1 Å². The molecule has 0 N–H and O–H groups in total. The zero-order chi connectivity index (χ0) is 23.2. The Balaban J connectivity index is 1.94. The molecule has 1 aliphatic rings. The molecule has 0 spiro atoms. The third-order valence-corrected chi connectivity index (χ3v) is 6.16. The number of carbonyl (C=O) groups excluding carboxylic acids is 1. The summed E-state index contributed by atoms with van der Waals surface area (Å²) in [4.78, 5) is 41.4. The predicted octanol–water partition coefficient (Wildman–Crippen LogP) is 1.36. The van der Waals surface area contributed by atoms with Crippen LogP contribution in [-0.2, 0) is 16.6 Å². The summed E-state index contributed by atoms with van der Waals surface area (Å²) in [6.07, 6.45) is 3.42. The van der Waals surface area contributed by atoms with Crippen molar-refractivity contribution in [2.75, 3.05) is 7.11 Å². The first kappa shape index (κ1) is 21.4. The first-order valence-electron chi connectivity index (χ1n) is 9.56. The van der Waals surface area contributed by atoms with E-state index in [9.17, 15) is 19.7 Å². The number of nitro benzene ring substituents is 1. The summed E-state index contributed by atoms with van der Waals surface area (Å²) in [6, 6.07) is 5.18. The van der Waals surface area contributed by atoms with Gasteiger partial charge in [-0.2, -0.15) is 5.10 Å². The number of benzene rings is 1. The van der Waals surface area contributed by atoms with Crippen molar-refractivity contribution in [2.45, 2.75) is 19.9 Å². The second kappa shape index (κ2) is 8.00. The van der Waals surface area contributed by atoms with Crippen LogP contribution in [0.25, 0.3) is 6.08 Å². The minimum Gasteiger partial charge on any atom is -0.466 e. The summed E-state index contributed by atoms with van der Waals surface area (Å²) >= 11 is 1.18. The highest BCUT2D eigenvalue weighted by molar-refractivity contribution is 7.07. The van der Waals surface area contributed by atoms with E-state index in [1.807, 2.05) is 6.92 Å². The molecule has 2 aromatic heterocycles. The number of allylic oxidation sites excluding steroid dienone is 1. The van der Waals surface area contributed by atoms with E-state index in [0.29, 0.717) is 31.9 Å². The molecule has 0 fully saturated rings. The van der Waals surface area contributed by atoms with Crippen LogP contribution >= 0.6 is 11.3 Å². The average Bonchev–Trinajstić information content (AvgIpc) is 3.24. The first-order valence-corrected chi connectivity index (χ1v) is 10.4. The van der Waals surface area contributed by atoms with Crippen LogP contribution in [-0.4, -0.2) is 32.3 Å². The number of fused-ring (bicyclic) bond motifs is 1. The molecule has 0 saturated heterocycles. The Morgan fingerprint density at radius 1 is 1.28 bits per heavy atom. The van der Waals surface area contributed by atoms with Crippen molar-refractivity contribution in [2.24, 2.45) is 12.0 Å². The van der Waals surface area contributed by atoms with E-state index in [4.69, 9.17) is 4.74 Å². The Labute approximate surface area is 185 Å². The number of carbonyl (C=O) groups is 1. The number of nitrogens with zero attached hydrogens (tertiary/aromatic N) is 5. The lowest BCUT2D eigenvalue weighted by Gasteiger charge is -2.23. The highest BCUT2D eigenvalue weighted by Crippen LogP contribution is 2.31. The Hall–Kier alpha value is -3.86. The molecule has 1 aliphatic heterocycles. The molecular formula is C21H19N5O5S. The van der Waals surface area contributed by atoms with Crippen molar-refractivity contribution in [3.05, 3.63) is 88.4 Å². The maximum absolute atomic E-state index is 13.4. The van der Waals surface area contributed by atoms with Crippen molar-refractivity contribution in [1.29, 1.82) is 0 Å². The minimum absolute atomic E-state index is 0.0333. The molecule has 11 heteroatoms. The monoisotopic (exact) mass is 453 g/mol. The molecule has 164 valence electrons. The van der Waals surface area contributed by atoms with Crippen molar-refractivity contribution in [3.63, 3.8) is 0 Å². The number of nitro groups is 1. The molecule has 0 radical (unpaired) electrons. The molecule has 3 aromatic rings. The summed E-state index contributed by atoms with van der Waals surface area (Å²) in [6.45, 7) is 3.52. The number of hydrogen-bond donors (Lipinski definition) is 0.